The number of carbonyl (C=O) groups is 1. The number of aromatic carboxylic acids is 1. The second-order valence-electron chi connectivity index (χ2n) is 3.85. The lowest BCUT2D eigenvalue weighted by Crippen LogP contribution is -2.37. The van der Waals surface area contributed by atoms with Crippen molar-refractivity contribution in [3.8, 4) is 0 Å². The number of benzene rings is 1. The van der Waals surface area contributed by atoms with Crippen molar-refractivity contribution in [3.63, 3.8) is 0 Å². The van der Waals surface area contributed by atoms with Crippen molar-refractivity contribution >= 4 is 16.0 Å². The molecular weight excluding hydrogens is 258 g/mol. The fourth-order valence-electron chi connectivity index (χ4n) is 1.38. The van der Waals surface area contributed by atoms with Crippen LogP contribution in [0.3, 0.4) is 0 Å². The first-order valence-electron chi connectivity index (χ1n) is 5.23. The first-order chi connectivity index (χ1) is 8.32. The third kappa shape index (κ3) is 2.69. The molecule has 0 spiro atoms. The van der Waals surface area contributed by atoms with E-state index in [9.17, 15) is 13.2 Å². The molecule has 0 aliphatic carbocycles. The highest BCUT2D eigenvalue weighted by atomic mass is 32.2. The first kappa shape index (κ1) is 14.6. The Hall–Kier alpha value is -1.44. The molecule has 1 rings (SSSR count). The zero-order valence-corrected chi connectivity index (χ0v) is 10.9. The number of aliphatic hydroxyl groups is 1. The van der Waals surface area contributed by atoms with E-state index in [4.69, 9.17) is 10.2 Å². The Kier molecular flexibility index (Phi) is 4.44. The van der Waals surface area contributed by atoms with Gasteiger partial charge in [-0.2, -0.15) is 4.31 Å². The van der Waals surface area contributed by atoms with Crippen molar-refractivity contribution < 1.29 is 23.4 Å². The monoisotopic (exact) mass is 273 g/mol. The summed E-state index contributed by atoms with van der Waals surface area (Å²) in [7, 11) is -2.63. The van der Waals surface area contributed by atoms with Crippen LogP contribution in [0.1, 0.15) is 17.3 Å². The predicted molar refractivity (Wildman–Crippen MR) is 64.9 cm³/mol. The largest absolute Gasteiger partial charge is 0.478 e. The second kappa shape index (κ2) is 5.47. The number of aliphatic hydroxyl groups excluding tert-OH is 1. The van der Waals surface area contributed by atoms with E-state index in [1.807, 2.05) is 0 Å². The fourth-order valence-corrected chi connectivity index (χ4v) is 2.91. The Morgan fingerprint density at radius 3 is 2.44 bits per heavy atom. The molecule has 0 fully saturated rings. The molecule has 0 heterocycles. The Balaban J connectivity index is 3.33. The Labute approximate surface area is 106 Å². The van der Waals surface area contributed by atoms with Gasteiger partial charge in [0, 0.05) is 13.1 Å². The molecule has 1 aromatic carbocycles. The van der Waals surface area contributed by atoms with E-state index in [2.05, 4.69) is 0 Å². The average molecular weight is 273 g/mol. The molecule has 0 radical (unpaired) electrons. The van der Waals surface area contributed by atoms with Crippen LogP contribution in [0.2, 0.25) is 0 Å². The number of carboxylic acid groups (broad SMARTS) is 1. The maximum Gasteiger partial charge on any atom is 0.337 e. The Morgan fingerprint density at radius 2 is 1.94 bits per heavy atom. The normalized spacial score (nSPS) is 13.6. The van der Waals surface area contributed by atoms with E-state index in [0.717, 1.165) is 4.31 Å². The molecule has 0 aliphatic heterocycles. The number of sulfonamides is 1. The number of likely N-dealkylation sites (N-methyl/N-ethyl adjacent to an activating group) is 1. The molecule has 0 aliphatic rings. The van der Waals surface area contributed by atoms with Crippen molar-refractivity contribution in [3.05, 3.63) is 29.8 Å². The smallest absolute Gasteiger partial charge is 0.337 e. The molecule has 0 aromatic heterocycles. The van der Waals surface area contributed by atoms with Crippen LogP contribution < -0.4 is 0 Å². The van der Waals surface area contributed by atoms with Crippen molar-refractivity contribution in [1.82, 2.24) is 4.31 Å². The van der Waals surface area contributed by atoms with Crippen molar-refractivity contribution in [2.45, 2.75) is 17.9 Å². The van der Waals surface area contributed by atoms with Crippen molar-refractivity contribution in [1.29, 1.82) is 0 Å². The van der Waals surface area contributed by atoms with Crippen LogP contribution in [0.25, 0.3) is 0 Å². The van der Waals surface area contributed by atoms with Gasteiger partial charge in [-0.3, -0.25) is 0 Å². The molecule has 18 heavy (non-hydrogen) atoms. The number of carboxylic acids is 1. The molecular formula is C11H15NO5S. The zero-order chi connectivity index (χ0) is 13.9. The van der Waals surface area contributed by atoms with Crippen LogP contribution >= 0.6 is 0 Å². The molecule has 1 unspecified atom stereocenters. The van der Waals surface area contributed by atoms with Gasteiger partial charge < -0.3 is 10.2 Å². The molecule has 2 N–H and O–H groups in total. The summed E-state index contributed by atoms with van der Waals surface area (Å²) in [5.41, 5.74) is -0.283. The summed E-state index contributed by atoms with van der Waals surface area (Å²) < 4.78 is 25.4. The lowest BCUT2D eigenvalue weighted by molar-refractivity contribution is 0.0692. The van der Waals surface area contributed by atoms with E-state index in [1.165, 1.54) is 38.2 Å². The Bertz CT molecular complexity index is 540. The lowest BCUT2D eigenvalue weighted by Gasteiger charge is -2.23. The molecule has 0 amide bonds. The van der Waals surface area contributed by atoms with Gasteiger partial charge in [-0.25, -0.2) is 13.2 Å². The zero-order valence-electron chi connectivity index (χ0n) is 10.1. The third-order valence-corrected chi connectivity index (χ3v) is 4.69. The number of hydrogen-bond donors (Lipinski definition) is 2. The van der Waals surface area contributed by atoms with E-state index in [-0.39, 0.29) is 17.1 Å². The van der Waals surface area contributed by atoms with Gasteiger partial charge in [-0.15, -0.1) is 0 Å². The van der Waals surface area contributed by atoms with Gasteiger partial charge in [-0.05, 0) is 19.1 Å². The summed E-state index contributed by atoms with van der Waals surface area (Å²) in [5, 5.41) is 17.9. The summed E-state index contributed by atoms with van der Waals surface area (Å²) in [4.78, 5) is 10.7. The summed E-state index contributed by atoms with van der Waals surface area (Å²) >= 11 is 0. The van der Waals surface area contributed by atoms with Gasteiger partial charge >= 0.3 is 5.97 Å². The van der Waals surface area contributed by atoms with Crippen molar-refractivity contribution in [2.75, 3.05) is 13.7 Å². The topological polar surface area (TPSA) is 94.9 Å². The molecule has 6 nitrogen and oxygen atoms in total. The highest BCUT2D eigenvalue weighted by molar-refractivity contribution is 7.89. The van der Waals surface area contributed by atoms with Gasteiger partial charge in [0.15, 0.2) is 0 Å². The minimum absolute atomic E-state index is 0.277. The van der Waals surface area contributed by atoms with E-state index < -0.39 is 22.0 Å². The minimum atomic E-state index is -3.93. The van der Waals surface area contributed by atoms with E-state index in [0.29, 0.717) is 0 Å². The number of hydrogen-bond acceptors (Lipinski definition) is 4. The maximum atomic E-state index is 12.2. The minimum Gasteiger partial charge on any atom is -0.478 e. The molecule has 1 atom stereocenters. The summed E-state index contributed by atoms with van der Waals surface area (Å²) in [6.45, 7) is 1.19. The van der Waals surface area contributed by atoms with Crippen LogP contribution in [-0.4, -0.2) is 48.6 Å². The molecule has 100 valence electrons. The molecule has 1 aromatic rings. The highest BCUT2D eigenvalue weighted by Crippen LogP contribution is 2.20. The molecule has 7 heteroatoms. The van der Waals surface area contributed by atoms with Crippen molar-refractivity contribution in [2.24, 2.45) is 0 Å². The molecule has 0 saturated heterocycles. The van der Waals surface area contributed by atoms with Gasteiger partial charge in [0.25, 0.3) is 0 Å². The summed E-state index contributed by atoms with van der Waals surface area (Å²) in [6, 6.07) is 4.75. The first-order valence-corrected chi connectivity index (χ1v) is 6.67. The van der Waals surface area contributed by atoms with Crippen LogP contribution in [0, 0.1) is 0 Å². The Morgan fingerprint density at radius 1 is 1.39 bits per heavy atom. The van der Waals surface area contributed by atoms with Crippen LogP contribution in [0.5, 0.6) is 0 Å². The lowest BCUT2D eigenvalue weighted by atomic mass is 10.2. The predicted octanol–water partition coefficient (Wildman–Crippen LogP) is 0.386. The van der Waals surface area contributed by atoms with Crippen LogP contribution in [0.15, 0.2) is 29.2 Å². The summed E-state index contributed by atoms with van der Waals surface area (Å²) in [6.07, 6.45) is 0. The SMILES string of the molecule is CC(CO)N(C)S(=O)(=O)c1ccccc1C(=O)O. The maximum absolute atomic E-state index is 12.2. The van der Waals surface area contributed by atoms with Crippen LogP contribution in [-0.2, 0) is 10.0 Å². The fraction of sp³-hybridized carbons (Fsp3) is 0.364. The van der Waals surface area contributed by atoms with E-state index >= 15 is 0 Å². The highest BCUT2D eigenvalue weighted by Gasteiger charge is 2.28. The second-order valence-corrected chi connectivity index (χ2v) is 5.82. The van der Waals surface area contributed by atoms with E-state index in [1.54, 1.807) is 0 Å². The number of rotatable bonds is 5. The quantitative estimate of drug-likeness (QED) is 0.809. The third-order valence-electron chi connectivity index (χ3n) is 2.66. The number of nitrogens with zero attached hydrogens (tertiary/aromatic N) is 1. The van der Waals surface area contributed by atoms with Crippen LogP contribution in [0.4, 0.5) is 0 Å². The molecule has 0 bridgehead atoms. The van der Waals surface area contributed by atoms with Gasteiger partial charge in [0.05, 0.1) is 17.1 Å². The van der Waals surface area contributed by atoms with Gasteiger partial charge in [0.1, 0.15) is 0 Å². The summed E-state index contributed by atoms with van der Waals surface area (Å²) in [5.74, 6) is -1.31. The average Bonchev–Trinajstić information content (AvgIpc) is 2.36. The standard InChI is InChI=1S/C11H15NO5S/c1-8(7-13)12(2)18(16,17)10-6-4-3-5-9(10)11(14)15/h3-6,8,13H,7H2,1-2H3,(H,14,15). The van der Waals surface area contributed by atoms with Gasteiger partial charge in [0.2, 0.25) is 10.0 Å². The van der Waals surface area contributed by atoms with Gasteiger partial charge in [-0.1, -0.05) is 12.1 Å². The molecule has 0 saturated carbocycles.